The summed E-state index contributed by atoms with van der Waals surface area (Å²) in [7, 11) is 0. The maximum atomic E-state index is 5.05. The van der Waals surface area contributed by atoms with Crippen LogP contribution in [-0.2, 0) is 12.2 Å². The molecular weight excluding hydrogens is 290 g/mol. The molecule has 0 spiro atoms. The Kier molecular flexibility index (Phi) is 3.97. The maximum Gasteiger partial charge on any atom is 0.0740 e. The van der Waals surface area contributed by atoms with Crippen LogP contribution in [0.2, 0.25) is 0 Å². The molecule has 1 saturated heterocycles. The van der Waals surface area contributed by atoms with Gasteiger partial charge < -0.3 is 5.32 Å². The van der Waals surface area contributed by atoms with E-state index >= 15 is 0 Å². The molecule has 1 unspecified atom stereocenters. The lowest BCUT2D eigenvalue weighted by molar-refractivity contribution is 0.415. The molecule has 1 atom stereocenters. The first kappa shape index (κ1) is 14.3. The van der Waals surface area contributed by atoms with Crippen LogP contribution in [0, 0.1) is 0 Å². The summed E-state index contributed by atoms with van der Waals surface area (Å²) in [6.45, 7) is 4.48. The van der Waals surface area contributed by atoms with Gasteiger partial charge in [0.15, 0.2) is 0 Å². The lowest BCUT2D eigenvalue weighted by Gasteiger charge is -2.22. The van der Waals surface area contributed by atoms with Gasteiger partial charge in [-0.05, 0) is 44.8 Å². The van der Waals surface area contributed by atoms with Gasteiger partial charge in [0.25, 0.3) is 0 Å². The Balaban J connectivity index is 1.85. The lowest BCUT2D eigenvalue weighted by atomic mass is 10.0. The summed E-state index contributed by atoms with van der Waals surface area (Å²) in [5.74, 6) is 1.07. The molecule has 2 aliphatic heterocycles. The molecule has 1 aromatic heterocycles. The predicted molar refractivity (Wildman–Crippen MR) is 92.4 cm³/mol. The second-order valence-electron chi connectivity index (χ2n) is 6.19. The van der Waals surface area contributed by atoms with Gasteiger partial charge in [0, 0.05) is 21.8 Å². The number of hydrogen-bond acceptors (Lipinski definition) is 3. The standard InChI is InChI=1S/C18H23N3S/c1-2-16-15-12-22-17-8-4-3-7-14(17)18(15)21(20-16)13-6-5-10-19-11-9-13/h3-4,7-8,13,19H,2,5-6,9-12H2,1H3. The molecular formula is C18H23N3S. The number of benzene rings is 1. The Morgan fingerprint density at radius 2 is 2.18 bits per heavy atom. The van der Waals surface area contributed by atoms with Gasteiger partial charge in [-0.3, -0.25) is 4.68 Å². The van der Waals surface area contributed by atoms with E-state index in [9.17, 15) is 0 Å². The van der Waals surface area contributed by atoms with Gasteiger partial charge in [-0.1, -0.05) is 25.1 Å². The van der Waals surface area contributed by atoms with Gasteiger partial charge in [0.2, 0.25) is 0 Å². The van der Waals surface area contributed by atoms with E-state index in [-0.39, 0.29) is 0 Å². The molecule has 0 aliphatic carbocycles. The zero-order chi connectivity index (χ0) is 14.9. The summed E-state index contributed by atoms with van der Waals surface area (Å²) >= 11 is 1.96. The SMILES string of the molecule is CCc1nn(C2CCCNCC2)c2c1CSc1ccccc1-2. The van der Waals surface area contributed by atoms with Gasteiger partial charge in [-0.2, -0.15) is 5.10 Å². The largest absolute Gasteiger partial charge is 0.317 e. The van der Waals surface area contributed by atoms with Gasteiger partial charge >= 0.3 is 0 Å². The molecule has 0 radical (unpaired) electrons. The van der Waals surface area contributed by atoms with Crippen LogP contribution in [0.5, 0.6) is 0 Å². The Hall–Kier alpha value is -1.26. The first-order valence-corrected chi connectivity index (χ1v) is 9.40. The third kappa shape index (κ3) is 2.38. The molecule has 4 rings (SSSR count). The molecule has 3 nitrogen and oxygen atoms in total. The molecule has 22 heavy (non-hydrogen) atoms. The number of aromatic nitrogens is 2. The number of aryl methyl sites for hydroxylation is 1. The molecule has 2 aromatic rings. The molecule has 4 heteroatoms. The van der Waals surface area contributed by atoms with Crippen molar-refractivity contribution in [1.29, 1.82) is 0 Å². The lowest BCUT2D eigenvalue weighted by Crippen LogP contribution is -2.17. The Labute approximate surface area is 136 Å². The van der Waals surface area contributed by atoms with E-state index < -0.39 is 0 Å². The van der Waals surface area contributed by atoms with Crippen molar-refractivity contribution >= 4 is 11.8 Å². The molecule has 1 N–H and O–H groups in total. The van der Waals surface area contributed by atoms with Crippen LogP contribution >= 0.6 is 11.8 Å². The summed E-state index contributed by atoms with van der Waals surface area (Å²) in [5, 5.41) is 8.57. The highest BCUT2D eigenvalue weighted by atomic mass is 32.2. The molecule has 3 heterocycles. The quantitative estimate of drug-likeness (QED) is 0.907. The fourth-order valence-electron chi connectivity index (χ4n) is 3.68. The van der Waals surface area contributed by atoms with Crippen molar-refractivity contribution in [2.45, 2.75) is 49.3 Å². The van der Waals surface area contributed by atoms with Crippen molar-refractivity contribution < 1.29 is 0 Å². The van der Waals surface area contributed by atoms with Crippen molar-refractivity contribution in [2.75, 3.05) is 13.1 Å². The first-order chi connectivity index (χ1) is 10.9. The van der Waals surface area contributed by atoms with Crippen LogP contribution in [0.25, 0.3) is 11.3 Å². The van der Waals surface area contributed by atoms with E-state index in [2.05, 4.69) is 41.2 Å². The second kappa shape index (κ2) is 6.09. The fraction of sp³-hybridized carbons (Fsp3) is 0.500. The minimum Gasteiger partial charge on any atom is -0.317 e. The van der Waals surface area contributed by atoms with Crippen LogP contribution in [0.15, 0.2) is 29.2 Å². The highest BCUT2D eigenvalue weighted by molar-refractivity contribution is 7.98. The first-order valence-electron chi connectivity index (χ1n) is 8.41. The minimum absolute atomic E-state index is 0.542. The fourth-order valence-corrected chi connectivity index (χ4v) is 4.78. The zero-order valence-electron chi connectivity index (χ0n) is 13.1. The summed E-state index contributed by atoms with van der Waals surface area (Å²) in [6.07, 6.45) is 4.70. The van der Waals surface area contributed by atoms with E-state index in [0.29, 0.717) is 6.04 Å². The highest BCUT2D eigenvalue weighted by Gasteiger charge is 2.28. The predicted octanol–water partition coefficient (Wildman–Crippen LogP) is 4.03. The van der Waals surface area contributed by atoms with Gasteiger partial charge in [0.05, 0.1) is 17.4 Å². The average Bonchev–Trinajstić information content (AvgIpc) is 2.74. The van der Waals surface area contributed by atoms with E-state index in [4.69, 9.17) is 5.10 Å². The number of hydrogen-bond donors (Lipinski definition) is 1. The van der Waals surface area contributed by atoms with E-state index in [1.165, 1.54) is 46.7 Å². The van der Waals surface area contributed by atoms with Gasteiger partial charge in [-0.25, -0.2) is 0 Å². The summed E-state index contributed by atoms with van der Waals surface area (Å²) < 4.78 is 2.37. The number of rotatable bonds is 2. The van der Waals surface area contributed by atoms with Crippen LogP contribution in [0.3, 0.4) is 0 Å². The monoisotopic (exact) mass is 313 g/mol. The van der Waals surface area contributed by atoms with Crippen molar-refractivity contribution in [3.05, 3.63) is 35.5 Å². The van der Waals surface area contributed by atoms with Crippen LogP contribution in [-0.4, -0.2) is 22.9 Å². The van der Waals surface area contributed by atoms with Crippen molar-refractivity contribution in [3.63, 3.8) is 0 Å². The summed E-state index contributed by atoms with van der Waals surface area (Å²) in [4.78, 5) is 1.41. The van der Waals surface area contributed by atoms with E-state index in [1.54, 1.807) is 0 Å². The van der Waals surface area contributed by atoms with Gasteiger partial charge in [-0.15, -0.1) is 11.8 Å². The number of thioether (sulfide) groups is 1. The molecule has 116 valence electrons. The Morgan fingerprint density at radius 1 is 1.27 bits per heavy atom. The van der Waals surface area contributed by atoms with Crippen molar-refractivity contribution in [2.24, 2.45) is 0 Å². The normalized spacial score (nSPS) is 21.0. The van der Waals surface area contributed by atoms with Crippen molar-refractivity contribution in [3.8, 4) is 11.3 Å². The summed E-state index contributed by atoms with van der Waals surface area (Å²) in [5.41, 5.74) is 5.56. The molecule has 0 bridgehead atoms. The van der Waals surface area contributed by atoms with Crippen molar-refractivity contribution in [1.82, 2.24) is 15.1 Å². The smallest absolute Gasteiger partial charge is 0.0740 e. The molecule has 0 saturated carbocycles. The van der Waals surface area contributed by atoms with Crippen LogP contribution in [0.4, 0.5) is 0 Å². The Morgan fingerprint density at radius 3 is 3.09 bits per heavy atom. The molecule has 2 aliphatic rings. The van der Waals surface area contributed by atoms with Gasteiger partial charge in [0.1, 0.15) is 0 Å². The van der Waals surface area contributed by atoms with E-state index in [1.807, 2.05) is 11.8 Å². The summed E-state index contributed by atoms with van der Waals surface area (Å²) in [6, 6.07) is 9.37. The number of nitrogens with one attached hydrogen (secondary N) is 1. The Bertz CT molecular complexity index is 669. The highest BCUT2D eigenvalue weighted by Crippen LogP contribution is 2.44. The maximum absolute atomic E-state index is 5.05. The molecule has 1 fully saturated rings. The number of nitrogens with zero attached hydrogens (tertiary/aromatic N) is 2. The van der Waals surface area contributed by atoms with Crippen LogP contribution in [0.1, 0.15) is 43.5 Å². The molecule has 0 amide bonds. The third-order valence-corrected chi connectivity index (χ3v) is 5.93. The zero-order valence-corrected chi connectivity index (χ0v) is 14.0. The second-order valence-corrected chi connectivity index (χ2v) is 7.21. The topological polar surface area (TPSA) is 29.9 Å². The number of fused-ring (bicyclic) bond motifs is 3. The molecule has 1 aromatic carbocycles. The van der Waals surface area contributed by atoms with Crippen LogP contribution < -0.4 is 5.32 Å². The van der Waals surface area contributed by atoms with E-state index in [0.717, 1.165) is 25.3 Å². The average molecular weight is 313 g/mol. The third-order valence-electron chi connectivity index (χ3n) is 4.83. The minimum atomic E-state index is 0.542.